The van der Waals surface area contributed by atoms with Gasteiger partial charge in [0.1, 0.15) is 18.3 Å². The fourth-order valence-corrected chi connectivity index (χ4v) is 5.37. The summed E-state index contributed by atoms with van der Waals surface area (Å²) >= 11 is 0. The van der Waals surface area contributed by atoms with Crippen LogP contribution in [0, 0.1) is 5.92 Å². The van der Waals surface area contributed by atoms with Gasteiger partial charge in [-0.25, -0.2) is 8.42 Å². The summed E-state index contributed by atoms with van der Waals surface area (Å²) in [6.07, 6.45) is 0. The fraction of sp³-hybridized carbons (Fsp3) is 0.333. The molecule has 0 aliphatic rings. The van der Waals surface area contributed by atoms with E-state index in [1.165, 1.54) is 17.0 Å². The Hall–Kier alpha value is -3.85. The molecule has 0 radical (unpaired) electrons. The first-order chi connectivity index (χ1) is 18.6. The van der Waals surface area contributed by atoms with Crippen molar-refractivity contribution < 1.29 is 22.7 Å². The highest BCUT2D eigenvalue weighted by atomic mass is 32.2. The Labute approximate surface area is 231 Å². The molecule has 0 aliphatic heterocycles. The van der Waals surface area contributed by atoms with Crippen LogP contribution in [0.3, 0.4) is 0 Å². The number of rotatable bonds is 13. The van der Waals surface area contributed by atoms with Crippen molar-refractivity contribution >= 4 is 27.5 Å². The number of nitrogens with zero attached hydrogens (tertiary/aromatic N) is 2. The number of carbonyl (C=O) groups excluding carboxylic acids is 2. The zero-order chi connectivity index (χ0) is 28.4. The van der Waals surface area contributed by atoms with Gasteiger partial charge in [0, 0.05) is 13.1 Å². The lowest BCUT2D eigenvalue weighted by molar-refractivity contribution is -0.139. The number of hydrogen-bond acceptors (Lipinski definition) is 5. The molecule has 8 nitrogen and oxygen atoms in total. The van der Waals surface area contributed by atoms with E-state index in [2.05, 4.69) is 5.32 Å². The van der Waals surface area contributed by atoms with Crippen LogP contribution in [0.15, 0.2) is 89.8 Å². The molecule has 0 bridgehead atoms. The van der Waals surface area contributed by atoms with Crippen molar-refractivity contribution in [2.45, 2.75) is 45.2 Å². The molecular formula is C30H37N3O5S. The molecular weight excluding hydrogens is 514 g/mol. The van der Waals surface area contributed by atoms with E-state index < -0.39 is 28.5 Å². The molecule has 2 amide bonds. The second-order valence-corrected chi connectivity index (χ2v) is 11.4. The molecule has 0 fully saturated rings. The maximum Gasteiger partial charge on any atom is 0.264 e. The average molecular weight is 552 g/mol. The third-order valence-electron chi connectivity index (χ3n) is 6.09. The van der Waals surface area contributed by atoms with Crippen LogP contribution in [0.2, 0.25) is 0 Å². The van der Waals surface area contributed by atoms with E-state index in [0.29, 0.717) is 24.6 Å². The van der Waals surface area contributed by atoms with Crippen molar-refractivity contribution in [1.29, 1.82) is 0 Å². The molecule has 0 aliphatic carbocycles. The first-order valence-corrected chi connectivity index (χ1v) is 14.5. The lowest BCUT2D eigenvalue weighted by Gasteiger charge is -2.32. The zero-order valence-electron chi connectivity index (χ0n) is 22.9. The van der Waals surface area contributed by atoms with Gasteiger partial charge < -0.3 is 15.0 Å². The summed E-state index contributed by atoms with van der Waals surface area (Å²) in [6, 6.07) is 23.0. The maximum absolute atomic E-state index is 13.9. The highest BCUT2D eigenvalue weighted by molar-refractivity contribution is 7.92. The van der Waals surface area contributed by atoms with Gasteiger partial charge in [-0.1, -0.05) is 62.4 Å². The van der Waals surface area contributed by atoms with E-state index in [9.17, 15) is 18.0 Å². The Morgan fingerprint density at radius 1 is 0.872 bits per heavy atom. The van der Waals surface area contributed by atoms with Crippen LogP contribution in [0.4, 0.5) is 5.69 Å². The summed E-state index contributed by atoms with van der Waals surface area (Å²) in [7, 11) is -4.10. The molecule has 0 aromatic heterocycles. The number of amides is 2. The predicted molar refractivity (Wildman–Crippen MR) is 153 cm³/mol. The average Bonchev–Trinajstić information content (AvgIpc) is 2.94. The van der Waals surface area contributed by atoms with Gasteiger partial charge in [0.2, 0.25) is 11.8 Å². The molecule has 0 saturated carbocycles. The molecule has 3 aromatic carbocycles. The topological polar surface area (TPSA) is 96.0 Å². The summed E-state index contributed by atoms with van der Waals surface area (Å²) in [4.78, 5) is 28.4. The standard InChI is InChI=1S/C30H37N3O5S/c1-5-38-27-18-16-26(17-19-27)33(39(36,37)28-14-10-7-11-15-28)22-29(34)32(21-25-12-8-6-9-13-25)24(4)30(35)31-20-23(2)3/h6-19,23-24H,5,20-22H2,1-4H3,(H,31,35)/t24-/m0/s1. The van der Waals surface area contributed by atoms with E-state index in [-0.39, 0.29) is 23.3 Å². The normalized spacial score (nSPS) is 12.0. The van der Waals surface area contributed by atoms with Gasteiger partial charge in [-0.3, -0.25) is 13.9 Å². The van der Waals surface area contributed by atoms with Crippen LogP contribution in [0.25, 0.3) is 0 Å². The summed E-state index contributed by atoms with van der Waals surface area (Å²) < 4.78 is 34.2. The highest BCUT2D eigenvalue weighted by Crippen LogP contribution is 2.26. The van der Waals surface area contributed by atoms with Gasteiger partial charge in [0.15, 0.2) is 0 Å². The molecule has 0 heterocycles. The Bertz CT molecular complexity index is 1310. The molecule has 39 heavy (non-hydrogen) atoms. The molecule has 9 heteroatoms. The summed E-state index contributed by atoms with van der Waals surface area (Å²) in [6.45, 7) is 8.09. The molecule has 0 saturated heterocycles. The van der Waals surface area contributed by atoms with Crippen molar-refractivity contribution in [3.63, 3.8) is 0 Å². The van der Waals surface area contributed by atoms with E-state index >= 15 is 0 Å². The Kier molecular flexibility index (Phi) is 10.5. The minimum atomic E-state index is -4.10. The minimum Gasteiger partial charge on any atom is -0.494 e. The number of hydrogen-bond donors (Lipinski definition) is 1. The molecule has 1 atom stereocenters. The van der Waals surface area contributed by atoms with Gasteiger partial charge >= 0.3 is 0 Å². The number of ether oxygens (including phenoxy) is 1. The Balaban J connectivity index is 1.98. The van der Waals surface area contributed by atoms with Gasteiger partial charge in [-0.2, -0.15) is 0 Å². The van der Waals surface area contributed by atoms with E-state index in [0.717, 1.165) is 9.87 Å². The van der Waals surface area contributed by atoms with Crippen molar-refractivity contribution in [1.82, 2.24) is 10.2 Å². The van der Waals surface area contributed by atoms with Crippen LogP contribution < -0.4 is 14.4 Å². The summed E-state index contributed by atoms with van der Waals surface area (Å²) in [5.74, 6) is 0.0299. The Morgan fingerprint density at radius 3 is 2.03 bits per heavy atom. The largest absolute Gasteiger partial charge is 0.494 e. The van der Waals surface area contributed by atoms with Crippen molar-refractivity contribution in [3.05, 3.63) is 90.5 Å². The van der Waals surface area contributed by atoms with Crippen molar-refractivity contribution in [3.8, 4) is 5.75 Å². The second-order valence-electron chi connectivity index (χ2n) is 9.57. The zero-order valence-corrected chi connectivity index (χ0v) is 23.7. The summed E-state index contributed by atoms with van der Waals surface area (Å²) in [5, 5.41) is 2.88. The van der Waals surface area contributed by atoms with Crippen molar-refractivity contribution in [2.75, 3.05) is 24.0 Å². The summed E-state index contributed by atoms with van der Waals surface area (Å²) in [5.41, 5.74) is 1.14. The molecule has 3 rings (SSSR count). The van der Waals surface area contributed by atoms with E-state index in [4.69, 9.17) is 4.74 Å². The molecule has 0 spiro atoms. The van der Waals surface area contributed by atoms with Crippen molar-refractivity contribution in [2.24, 2.45) is 5.92 Å². The Morgan fingerprint density at radius 2 is 1.46 bits per heavy atom. The number of carbonyl (C=O) groups is 2. The monoisotopic (exact) mass is 551 g/mol. The predicted octanol–water partition coefficient (Wildman–Crippen LogP) is 4.47. The number of benzene rings is 3. The number of sulfonamides is 1. The quantitative estimate of drug-likeness (QED) is 0.338. The van der Waals surface area contributed by atoms with E-state index in [1.807, 2.05) is 51.1 Å². The maximum atomic E-state index is 13.9. The SMILES string of the molecule is CCOc1ccc(N(CC(=O)N(Cc2ccccc2)[C@@H](C)C(=O)NCC(C)C)S(=O)(=O)c2ccccc2)cc1. The fourth-order valence-electron chi connectivity index (χ4n) is 3.94. The second kappa shape index (κ2) is 13.8. The smallest absolute Gasteiger partial charge is 0.264 e. The third kappa shape index (κ3) is 8.07. The van der Waals surface area contributed by atoms with Gasteiger partial charge in [-0.05, 0) is 61.7 Å². The lowest BCUT2D eigenvalue weighted by atomic mass is 10.1. The minimum absolute atomic E-state index is 0.0593. The third-order valence-corrected chi connectivity index (χ3v) is 7.88. The highest BCUT2D eigenvalue weighted by Gasteiger charge is 2.32. The molecule has 0 unspecified atom stereocenters. The number of nitrogens with one attached hydrogen (secondary N) is 1. The van der Waals surface area contributed by atoms with Gasteiger partial charge in [-0.15, -0.1) is 0 Å². The van der Waals surface area contributed by atoms with Gasteiger partial charge in [0.05, 0.1) is 17.2 Å². The van der Waals surface area contributed by atoms with Crippen LogP contribution in [-0.2, 0) is 26.2 Å². The lowest BCUT2D eigenvalue weighted by Crippen LogP contribution is -2.51. The van der Waals surface area contributed by atoms with Crippen LogP contribution >= 0.6 is 0 Å². The van der Waals surface area contributed by atoms with Crippen LogP contribution in [0.1, 0.15) is 33.3 Å². The van der Waals surface area contributed by atoms with Gasteiger partial charge in [0.25, 0.3) is 10.0 Å². The van der Waals surface area contributed by atoms with Crippen LogP contribution in [0.5, 0.6) is 5.75 Å². The van der Waals surface area contributed by atoms with E-state index in [1.54, 1.807) is 49.4 Å². The first kappa shape index (κ1) is 29.7. The number of anilines is 1. The molecule has 1 N–H and O–H groups in total. The molecule has 3 aromatic rings. The van der Waals surface area contributed by atoms with Crippen LogP contribution in [-0.4, -0.2) is 50.9 Å². The molecule has 208 valence electrons. The first-order valence-electron chi connectivity index (χ1n) is 13.0.